The van der Waals surface area contributed by atoms with Crippen molar-refractivity contribution in [2.75, 3.05) is 6.54 Å². The molecule has 0 amide bonds. The normalized spacial score (nSPS) is 12.6. The molecule has 0 radical (unpaired) electrons. The Morgan fingerprint density at radius 3 is 2.62 bits per heavy atom. The van der Waals surface area contributed by atoms with Gasteiger partial charge in [0.1, 0.15) is 12.2 Å². The third-order valence-electron chi connectivity index (χ3n) is 4.98. The molecule has 1 heterocycles. The predicted octanol–water partition coefficient (Wildman–Crippen LogP) is 3.65. The van der Waals surface area contributed by atoms with Gasteiger partial charge in [-0.3, -0.25) is 0 Å². The molecule has 0 fully saturated rings. The Morgan fingerprint density at radius 1 is 1.10 bits per heavy atom. The first kappa shape index (κ1) is 20.6. The quantitative estimate of drug-likeness (QED) is 0.455. The Kier molecular flexibility index (Phi) is 7.39. The minimum absolute atomic E-state index is 0.153. The highest BCUT2D eigenvalue weighted by Crippen LogP contribution is 2.12. The molecule has 0 aliphatic carbocycles. The topological polar surface area (TPSA) is 67.1 Å². The summed E-state index contributed by atoms with van der Waals surface area (Å²) in [6.45, 7) is 8.53. The fraction of sp³-hybridized carbons (Fsp3) is 0.348. The van der Waals surface area contributed by atoms with Crippen LogP contribution in [-0.2, 0) is 19.5 Å². The lowest BCUT2D eigenvalue weighted by Gasteiger charge is -2.19. The summed E-state index contributed by atoms with van der Waals surface area (Å²) >= 11 is 0. The van der Waals surface area contributed by atoms with Crippen LogP contribution < -0.4 is 10.6 Å². The molecule has 2 N–H and O–H groups in total. The van der Waals surface area contributed by atoms with Crippen LogP contribution in [0.15, 0.2) is 65.9 Å². The number of benzene rings is 2. The molecule has 0 aliphatic rings. The molecule has 0 bridgehead atoms. The first-order chi connectivity index (χ1) is 14.2. The van der Waals surface area contributed by atoms with E-state index in [0.717, 1.165) is 31.3 Å². The van der Waals surface area contributed by atoms with Crippen LogP contribution in [0.2, 0.25) is 0 Å². The summed E-state index contributed by atoms with van der Waals surface area (Å²) in [5, 5.41) is 15.1. The summed E-state index contributed by atoms with van der Waals surface area (Å²) in [7, 11) is 0. The van der Waals surface area contributed by atoms with E-state index in [1.807, 2.05) is 6.07 Å². The lowest BCUT2D eigenvalue weighted by Crippen LogP contribution is -2.40. The van der Waals surface area contributed by atoms with E-state index >= 15 is 0 Å². The highest BCUT2D eigenvalue weighted by atomic mass is 15.3. The van der Waals surface area contributed by atoms with Crippen molar-refractivity contribution in [1.82, 2.24) is 25.4 Å². The molecular formula is C23H30N6. The van der Waals surface area contributed by atoms with E-state index in [9.17, 15) is 0 Å². The van der Waals surface area contributed by atoms with E-state index in [1.54, 1.807) is 6.33 Å². The highest BCUT2D eigenvalue weighted by molar-refractivity contribution is 5.80. The second-order valence-corrected chi connectivity index (χ2v) is 7.09. The molecule has 0 spiro atoms. The summed E-state index contributed by atoms with van der Waals surface area (Å²) in [5.74, 6) is 1.80. The van der Waals surface area contributed by atoms with Gasteiger partial charge in [-0.25, -0.2) is 4.99 Å². The van der Waals surface area contributed by atoms with Crippen LogP contribution in [0.4, 0.5) is 0 Å². The molecule has 6 heteroatoms. The fourth-order valence-electron chi connectivity index (χ4n) is 3.17. The first-order valence-corrected chi connectivity index (χ1v) is 10.2. The molecule has 3 rings (SSSR count). The van der Waals surface area contributed by atoms with Crippen molar-refractivity contribution < 1.29 is 0 Å². The van der Waals surface area contributed by atoms with E-state index in [-0.39, 0.29) is 6.04 Å². The minimum atomic E-state index is 0.153. The van der Waals surface area contributed by atoms with Gasteiger partial charge in [0.05, 0.1) is 12.6 Å². The van der Waals surface area contributed by atoms with Crippen LogP contribution in [-0.4, -0.2) is 27.3 Å². The summed E-state index contributed by atoms with van der Waals surface area (Å²) in [5.41, 5.74) is 3.71. The Balaban J connectivity index is 1.68. The number of aromatic nitrogens is 3. The Labute approximate surface area is 173 Å². The van der Waals surface area contributed by atoms with Gasteiger partial charge in [-0.15, -0.1) is 10.2 Å². The van der Waals surface area contributed by atoms with E-state index < -0.39 is 0 Å². The van der Waals surface area contributed by atoms with Crippen LogP contribution in [0.3, 0.4) is 0 Å². The van der Waals surface area contributed by atoms with Crippen molar-refractivity contribution in [1.29, 1.82) is 0 Å². The molecule has 0 saturated heterocycles. The van der Waals surface area contributed by atoms with Crippen molar-refractivity contribution in [3.8, 4) is 0 Å². The summed E-state index contributed by atoms with van der Waals surface area (Å²) in [6.07, 6.45) is 2.65. The van der Waals surface area contributed by atoms with Crippen molar-refractivity contribution >= 4 is 5.96 Å². The molecule has 1 aromatic heterocycles. The molecule has 3 aromatic rings. The van der Waals surface area contributed by atoms with Gasteiger partial charge >= 0.3 is 0 Å². The zero-order valence-electron chi connectivity index (χ0n) is 17.5. The van der Waals surface area contributed by atoms with Crippen LogP contribution in [0.5, 0.6) is 0 Å². The SMILES string of the molecule is CCc1nncn1CCNC(=NCc1ccccc1C)NC(C)c1ccccc1. The number of guanidine groups is 1. The average molecular weight is 391 g/mol. The number of hydrogen-bond donors (Lipinski definition) is 2. The van der Waals surface area contributed by atoms with Crippen molar-refractivity contribution in [2.24, 2.45) is 4.99 Å². The molecule has 2 aromatic carbocycles. The van der Waals surface area contributed by atoms with Gasteiger partial charge in [-0.1, -0.05) is 61.5 Å². The maximum Gasteiger partial charge on any atom is 0.192 e. The maximum absolute atomic E-state index is 4.84. The van der Waals surface area contributed by atoms with Crippen LogP contribution in [0, 0.1) is 6.92 Å². The highest BCUT2D eigenvalue weighted by Gasteiger charge is 2.09. The number of aryl methyl sites for hydroxylation is 2. The smallest absolute Gasteiger partial charge is 0.192 e. The van der Waals surface area contributed by atoms with E-state index in [4.69, 9.17) is 4.99 Å². The van der Waals surface area contributed by atoms with E-state index in [2.05, 4.69) is 94.7 Å². The van der Waals surface area contributed by atoms with Gasteiger partial charge in [0.15, 0.2) is 5.96 Å². The number of hydrogen-bond acceptors (Lipinski definition) is 3. The second kappa shape index (κ2) is 10.4. The van der Waals surface area contributed by atoms with Crippen LogP contribution >= 0.6 is 0 Å². The fourth-order valence-corrected chi connectivity index (χ4v) is 3.17. The lowest BCUT2D eigenvalue weighted by atomic mass is 10.1. The van der Waals surface area contributed by atoms with E-state index in [1.165, 1.54) is 16.7 Å². The molecule has 1 unspecified atom stereocenters. The Morgan fingerprint density at radius 2 is 1.86 bits per heavy atom. The van der Waals surface area contributed by atoms with Crippen molar-refractivity contribution in [3.05, 3.63) is 83.4 Å². The lowest BCUT2D eigenvalue weighted by molar-refractivity contribution is 0.619. The molecular weight excluding hydrogens is 360 g/mol. The third-order valence-corrected chi connectivity index (χ3v) is 4.98. The summed E-state index contributed by atoms with van der Waals surface area (Å²) in [6, 6.07) is 18.9. The zero-order valence-corrected chi connectivity index (χ0v) is 17.5. The van der Waals surface area contributed by atoms with Crippen LogP contribution in [0.1, 0.15) is 42.4 Å². The molecule has 0 aliphatic heterocycles. The molecule has 6 nitrogen and oxygen atoms in total. The summed E-state index contributed by atoms with van der Waals surface area (Å²) < 4.78 is 2.08. The predicted molar refractivity (Wildman–Crippen MR) is 118 cm³/mol. The molecule has 29 heavy (non-hydrogen) atoms. The van der Waals surface area contributed by atoms with Gasteiger partial charge in [0.25, 0.3) is 0 Å². The molecule has 152 valence electrons. The minimum Gasteiger partial charge on any atom is -0.355 e. The van der Waals surface area contributed by atoms with Gasteiger partial charge in [0.2, 0.25) is 0 Å². The zero-order chi connectivity index (χ0) is 20.5. The monoisotopic (exact) mass is 390 g/mol. The number of aliphatic imine (C=N–C) groups is 1. The van der Waals surface area contributed by atoms with Crippen molar-refractivity contribution in [2.45, 2.75) is 46.3 Å². The van der Waals surface area contributed by atoms with Gasteiger partial charge in [0, 0.05) is 19.5 Å². The third kappa shape index (κ3) is 5.91. The van der Waals surface area contributed by atoms with E-state index in [0.29, 0.717) is 6.54 Å². The maximum atomic E-state index is 4.84. The van der Waals surface area contributed by atoms with Gasteiger partial charge in [-0.05, 0) is 30.5 Å². The molecule has 1 atom stereocenters. The Bertz CT molecular complexity index is 916. The van der Waals surface area contributed by atoms with Gasteiger partial charge in [-0.2, -0.15) is 0 Å². The average Bonchev–Trinajstić information content (AvgIpc) is 3.21. The number of nitrogens with zero attached hydrogens (tertiary/aromatic N) is 4. The first-order valence-electron chi connectivity index (χ1n) is 10.2. The van der Waals surface area contributed by atoms with Gasteiger partial charge < -0.3 is 15.2 Å². The Hall–Kier alpha value is -3.15. The van der Waals surface area contributed by atoms with Crippen LogP contribution in [0.25, 0.3) is 0 Å². The number of nitrogens with one attached hydrogen (secondary N) is 2. The second-order valence-electron chi connectivity index (χ2n) is 7.09. The summed E-state index contributed by atoms with van der Waals surface area (Å²) in [4.78, 5) is 4.84. The molecule has 0 saturated carbocycles. The van der Waals surface area contributed by atoms with Crippen molar-refractivity contribution in [3.63, 3.8) is 0 Å². The number of rotatable bonds is 8. The largest absolute Gasteiger partial charge is 0.355 e. The standard InChI is InChI=1S/C23H30N6/c1-4-22-28-26-17-29(22)15-14-24-23(25-16-21-13-9-8-10-18(21)2)27-19(3)20-11-6-5-7-12-20/h5-13,17,19H,4,14-16H2,1-3H3,(H2,24,25,27).